The van der Waals surface area contributed by atoms with Gasteiger partial charge in [-0.15, -0.1) is 0 Å². The molecule has 0 saturated heterocycles. The van der Waals surface area contributed by atoms with Crippen molar-refractivity contribution in [1.82, 2.24) is 9.97 Å². The normalized spacial score (nSPS) is 10.4. The van der Waals surface area contributed by atoms with Crippen LogP contribution < -0.4 is 15.4 Å². The number of aromatic nitrogens is 2. The molecule has 144 valence electrons. The highest BCUT2D eigenvalue weighted by Crippen LogP contribution is 2.18. The summed E-state index contributed by atoms with van der Waals surface area (Å²) in [6.07, 6.45) is 3.90. The largest absolute Gasteiger partial charge is 0.497 e. The van der Waals surface area contributed by atoms with Crippen molar-refractivity contribution in [3.8, 4) is 5.75 Å². The molecule has 28 heavy (non-hydrogen) atoms. The number of anilines is 2. The molecule has 2 aromatic carbocycles. The standard InChI is InChI=1S/C22H24N4O2/c1-15-5-4-6-20(16(15)2)26-21(27)18-13-24-22(25-14-18)23-12-11-17-7-9-19(28-3)10-8-17/h4-10,13-14H,11-12H2,1-3H3,(H,26,27)(H,23,24,25). The topological polar surface area (TPSA) is 76.1 Å². The molecule has 1 aromatic heterocycles. The molecule has 0 atom stereocenters. The molecule has 0 aliphatic rings. The van der Waals surface area contributed by atoms with Crippen molar-refractivity contribution in [1.29, 1.82) is 0 Å². The van der Waals surface area contributed by atoms with Gasteiger partial charge in [-0.3, -0.25) is 4.79 Å². The van der Waals surface area contributed by atoms with Crippen LogP contribution in [-0.4, -0.2) is 29.5 Å². The first-order valence-electron chi connectivity index (χ1n) is 9.13. The van der Waals surface area contributed by atoms with Gasteiger partial charge in [0, 0.05) is 24.6 Å². The molecule has 6 heteroatoms. The summed E-state index contributed by atoms with van der Waals surface area (Å²) in [5.74, 6) is 1.12. The van der Waals surface area contributed by atoms with Crippen LogP contribution in [0.2, 0.25) is 0 Å². The third-order valence-corrected chi connectivity index (χ3v) is 4.62. The molecule has 0 bridgehead atoms. The van der Waals surface area contributed by atoms with Gasteiger partial charge in [-0.2, -0.15) is 0 Å². The van der Waals surface area contributed by atoms with Crippen molar-refractivity contribution in [2.75, 3.05) is 24.3 Å². The zero-order valence-electron chi connectivity index (χ0n) is 16.3. The molecule has 0 radical (unpaired) electrons. The lowest BCUT2D eigenvalue weighted by Gasteiger charge is -2.10. The number of hydrogen-bond acceptors (Lipinski definition) is 5. The second-order valence-electron chi connectivity index (χ2n) is 6.52. The minimum Gasteiger partial charge on any atom is -0.497 e. The van der Waals surface area contributed by atoms with E-state index < -0.39 is 0 Å². The Morgan fingerprint density at radius 3 is 2.43 bits per heavy atom. The van der Waals surface area contributed by atoms with Crippen molar-refractivity contribution in [2.24, 2.45) is 0 Å². The van der Waals surface area contributed by atoms with Gasteiger partial charge in [-0.25, -0.2) is 9.97 Å². The lowest BCUT2D eigenvalue weighted by Crippen LogP contribution is -2.15. The van der Waals surface area contributed by atoms with Crippen LogP contribution in [0, 0.1) is 13.8 Å². The number of aryl methyl sites for hydroxylation is 1. The molecule has 0 unspecified atom stereocenters. The number of amides is 1. The monoisotopic (exact) mass is 376 g/mol. The fourth-order valence-corrected chi connectivity index (χ4v) is 2.73. The molecule has 0 saturated carbocycles. The highest BCUT2D eigenvalue weighted by Gasteiger charge is 2.10. The van der Waals surface area contributed by atoms with Gasteiger partial charge in [0.1, 0.15) is 5.75 Å². The molecule has 3 rings (SSSR count). The molecule has 1 amide bonds. The fraction of sp³-hybridized carbons (Fsp3) is 0.227. The first kappa shape index (κ1) is 19.4. The Balaban J connectivity index is 1.53. The second-order valence-corrected chi connectivity index (χ2v) is 6.52. The minimum atomic E-state index is -0.224. The molecule has 0 aliphatic heterocycles. The van der Waals surface area contributed by atoms with E-state index in [0.29, 0.717) is 18.1 Å². The zero-order chi connectivity index (χ0) is 19.9. The average molecular weight is 376 g/mol. The zero-order valence-corrected chi connectivity index (χ0v) is 16.3. The average Bonchev–Trinajstić information content (AvgIpc) is 2.72. The van der Waals surface area contributed by atoms with E-state index >= 15 is 0 Å². The first-order valence-corrected chi connectivity index (χ1v) is 9.13. The number of hydrogen-bond donors (Lipinski definition) is 2. The predicted molar refractivity (Wildman–Crippen MR) is 111 cm³/mol. The number of nitrogens with one attached hydrogen (secondary N) is 2. The molecule has 1 heterocycles. The lowest BCUT2D eigenvalue weighted by atomic mass is 10.1. The van der Waals surface area contributed by atoms with Crippen LogP contribution in [-0.2, 0) is 6.42 Å². The summed E-state index contributed by atoms with van der Waals surface area (Å²) in [5, 5.41) is 6.08. The molecular formula is C22H24N4O2. The van der Waals surface area contributed by atoms with Crippen molar-refractivity contribution < 1.29 is 9.53 Å². The van der Waals surface area contributed by atoms with Crippen molar-refractivity contribution in [3.63, 3.8) is 0 Å². The SMILES string of the molecule is COc1ccc(CCNc2ncc(C(=O)Nc3cccc(C)c3C)cn2)cc1. The van der Waals surface area contributed by atoms with Crippen LogP contribution in [0.25, 0.3) is 0 Å². The van der Waals surface area contributed by atoms with Crippen molar-refractivity contribution >= 4 is 17.5 Å². The molecule has 3 aromatic rings. The van der Waals surface area contributed by atoms with Gasteiger partial charge in [0.2, 0.25) is 5.95 Å². The van der Waals surface area contributed by atoms with Crippen LogP contribution in [0.1, 0.15) is 27.0 Å². The Morgan fingerprint density at radius 2 is 1.75 bits per heavy atom. The van der Waals surface area contributed by atoms with E-state index in [1.165, 1.54) is 18.0 Å². The van der Waals surface area contributed by atoms with Gasteiger partial charge < -0.3 is 15.4 Å². The van der Waals surface area contributed by atoms with E-state index in [9.17, 15) is 4.79 Å². The molecule has 0 fully saturated rings. The van der Waals surface area contributed by atoms with Crippen molar-refractivity contribution in [2.45, 2.75) is 20.3 Å². The molecule has 0 spiro atoms. The van der Waals surface area contributed by atoms with Gasteiger partial charge in [-0.05, 0) is 55.2 Å². The third kappa shape index (κ3) is 4.85. The third-order valence-electron chi connectivity index (χ3n) is 4.62. The quantitative estimate of drug-likeness (QED) is 0.652. The van der Waals surface area contributed by atoms with Crippen LogP contribution in [0.4, 0.5) is 11.6 Å². The molecule has 2 N–H and O–H groups in total. The molecule has 0 aliphatic carbocycles. The predicted octanol–water partition coefficient (Wildman–Crippen LogP) is 4.01. The summed E-state index contributed by atoms with van der Waals surface area (Å²) in [6, 6.07) is 13.8. The summed E-state index contributed by atoms with van der Waals surface area (Å²) < 4.78 is 5.15. The highest BCUT2D eigenvalue weighted by molar-refractivity contribution is 6.04. The smallest absolute Gasteiger partial charge is 0.258 e. The minimum absolute atomic E-state index is 0.224. The second kappa shape index (κ2) is 8.99. The lowest BCUT2D eigenvalue weighted by molar-refractivity contribution is 0.102. The van der Waals surface area contributed by atoms with E-state index in [2.05, 4.69) is 20.6 Å². The van der Waals surface area contributed by atoms with E-state index in [0.717, 1.165) is 29.0 Å². The van der Waals surface area contributed by atoms with Crippen LogP contribution in [0.5, 0.6) is 5.75 Å². The summed E-state index contributed by atoms with van der Waals surface area (Å²) in [7, 11) is 1.65. The van der Waals surface area contributed by atoms with Gasteiger partial charge in [0.15, 0.2) is 0 Å². The fourth-order valence-electron chi connectivity index (χ4n) is 2.73. The van der Waals surface area contributed by atoms with Crippen LogP contribution in [0.15, 0.2) is 54.9 Å². The number of ether oxygens (including phenoxy) is 1. The summed E-state index contributed by atoms with van der Waals surface area (Å²) in [6.45, 7) is 4.69. The maximum Gasteiger partial charge on any atom is 0.258 e. The highest BCUT2D eigenvalue weighted by atomic mass is 16.5. The molecule has 6 nitrogen and oxygen atoms in total. The summed E-state index contributed by atoms with van der Waals surface area (Å²) in [5.41, 5.74) is 4.59. The Kier molecular flexibility index (Phi) is 6.22. The number of methoxy groups -OCH3 is 1. The maximum atomic E-state index is 12.4. The van der Waals surface area contributed by atoms with Gasteiger partial charge in [0.25, 0.3) is 5.91 Å². The molecular weight excluding hydrogens is 352 g/mol. The van der Waals surface area contributed by atoms with E-state index in [1.54, 1.807) is 7.11 Å². The number of carbonyl (C=O) groups excluding carboxylic acids is 1. The maximum absolute atomic E-state index is 12.4. The summed E-state index contributed by atoms with van der Waals surface area (Å²) in [4.78, 5) is 20.9. The number of nitrogens with zero attached hydrogens (tertiary/aromatic N) is 2. The van der Waals surface area contributed by atoms with E-state index in [4.69, 9.17) is 4.74 Å². The number of benzene rings is 2. The number of rotatable bonds is 7. The Morgan fingerprint density at radius 1 is 1.04 bits per heavy atom. The van der Waals surface area contributed by atoms with Crippen LogP contribution >= 0.6 is 0 Å². The van der Waals surface area contributed by atoms with E-state index in [1.807, 2.05) is 56.3 Å². The Labute approximate surface area is 165 Å². The van der Waals surface area contributed by atoms with Crippen LogP contribution in [0.3, 0.4) is 0 Å². The van der Waals surface area contributed by atoms with Gasteiger partial charge in [-0.1, -0.05) is 24.3 Å². The summed E-state index contributed by atoms with van der Waals surface area (Å²) >= 11 is 0. The van der Waals surface area contributed by atoms with E-state index in [-0.39, 0.29) is 5.91 Å². The number of carbonyl (C=O) groups is 1. The first-order chi connectivity index (χ1) is 13.6. The Bertz CT molecular complexity index is 938. The van der Waals surface area contributed by atoms with Crippen molar-refractivity contribution in [3.05, 3.63) is 77.1 Å². The van der Waals surface area contributed by atoms with Gasteiger partial charge in [0.05, 0.1) is 12.7 Å². The Hall–Kier alpha value is -3.41. The van der Waals surface area contributed by atoms with Gasteiger partial charge >= 0.3 is 0 Å².